The number of aromatic nitrogens is 1. The summed E-state index contributed by atoms with van der Waals surface area (Å²) in [6.07, 6.45) is 5.68. The highest BCUT2D eigenvalue weighted by Gasteiger charge is 2.07. The second kappa shape index (κ2) is 6.83. The molecule has 0 unspecified atom stereocenters. The molecule has 0 saturated heterocycles. The zero-order valence-corrected chi connectivity index (χ0v) is 12.6. The van der Waals surface area contributed by atoms with Gasteiger partial charge < -0.3 is 10.5 Å². The molecule has 1 aromatic heterocycles. The van der Waals surface area contributed by atoms with Crippen molar-refractivity contribution in [1.82, 2.24) is 10.0 Å². The summed E-state index contributed by atoms with van der Waals surface area (Å²) in [6.45, 7) is 0.520. The zero-order valence-electron chi connectivity index (χ0n) is 12.6. The van der Waals surface area contributed by atoms with Crippen molar-refractivity contribution < 1.29 is 10.0 Å². The Hall–Kier alpha value is -3.01. The summed E-state index contributed by atoms with van der Waals surface area (Å²) >= 11 is 0. The molecule has 0 saturated carbocycles. The standard InChI is InChI=1S/C19H18N2O2/c22-19(11-10-15-6-2-1-3-7-15)20-13-12-16-14-21(23)18-9-5-4-8-17(16)18/h1-11,14,23H,12-13H2,(H,20,22)/b11-10+. The first-order chi connectivity index (χ1) is 11.2. The Morgan fingerprint density at radius 1 is 1.09 bits per heavy atom. The number of benzene rings is 2. The van der Waals surface area contributed by atoms with Crippen molar-refractivity contribution in [3.8, 4) is 0 Å². The number of hydrogen-bond acceptors (Lipinski definition) is 2. The molecule has 23 heavy (non-hydrogen) atoms. The van der Waals surface area contributed by atoms with E-state index in [0.717, 1.165) is 26.8 Å². The number of carbonyl (C=O) groups excluding carboxylic acids is 1. The predicted octanol–water partition coefficient (Wildman–Crippen LogP) is 3.25. The quantitative estimate of drug-likeness (QED) is 0.561. The van der Waals surface area contributed by atoms with Gasteiger partial charge in [0.15, 0.2) is 0 Å². The van der Waals surface area contributed by atoms with Gasteiger partial charge in [-0.2, -0.15) is 4.73 Å². The van der Waals surface area contributed by atoms with E-state index in [1.54, 1.807) is 12.3 Å². The van der Waals surface area contributed by atoms with Gasteiger partial charge in [-0.1, -0.05) is 48.5 Å². The Kier molecular flexibility index (Phi) is 4.43. The molecule has 0 spiro atoms. The molecule has 0 aliphatic heterocycles. The Morgan fingerprint density at radius 3 is 2.65 bits per heavy atom. The molecule has 0 fully saturated rings. The van der Waals surface area contributed by atoms with Crippen LogP contribution in [0.4, 0.5) is 0 Å². The fourth-order valence-corrected chi connectivity index (χ4v) is 2.55. The molecule has 0 radical (unpaired) electrons. The maximum atomic E-state index is 11.8. The van der Waals surface area contributed by atoms with Crippen molar-refractivity contribution in [1.29, 1.82) is 0 Å². The molecule has 2 N–H and O–H groups in total. The van der Waals surface area contributed by atoms with Crippen molar-refractivity contribution in [3.05, 3.63) is 78.0 Å². The smallest absolute Gasteiger partial charge is 0.244 e. The van der Waals surface area contributed by atoms with E-state index in [0.29, 0.717) is 13.0 Å². The Labute approximate surface area is 134 Å². The van der Waals surface area contributed by atoms with E-state index in [9.17, 15) is 10.0 Å². The minimum atomic E-state index is -0.124. The molecule has 116 valence electrons. The third-order valence-electron chi connectivity index (χ3n) is 3.70. The Balaban J connectivity index is 1.56. The van der Waals surface area contributed by atoms with E-state index in [-0.39, 0.29) is 5.91 Å². The van der Waals surface area contributed by atoms with Crippen LogP contribution >= 0.6 is 0 Å². The summed E-state index contributed by atoms with van der Waals surface area (Å²) in [4.78, 5) is 11.8. The third kappa shape index (κ3) is 3.61. The van der Waals surface area contributed by atoms with Gasteiger partial charge in [-0.05, 0) is 29.7 Å². The maximum Gasteiger partial charge on any atom is 0.244 e. The van der Waals surface area contributed by atoms with Crippen molar-refractivity contribution in [2.75, 3.05) is 6.54 Å². The molecule has 4 heteroatoms. The molecule has 4 nitrogen and oxygen atoms in total. The lowest BCUT2D eigenvalue weighted by molar-refractivity contribution is -0.116. The van der Waals surface area contributed by atoms with Crippen molar-refractivity contribution >= 4 is 22.9 Å². The number of nitrogens with zero attached hydrogens (tertiary/aromatic N) is 1. The summed E-state index contributed by atoms with van der Waals surface area (Å²) in [6, 6.07) is 17.3. The SMILES string of the molecule is O=C(/C=C/c1ccccc1)NCCc1cn(O)c2ccccc12. The largest absolute Gasteiger partial charge is 0.428 e. The van der Waals surface area contributed by atoms with E-state index in [2.05, 4.69) is 5.32 Å². The Morgan fingerprint density at radius 2 is 1.83 bits per heavy atom. The minimum Gasteiger partial charge on any atom is -0.428 e. The summed E-state index contributed by atoms with van der Waals surface area (Å²) < 4.78 is 1.13. The maximum absolute atomic E-state index is 11.8. The summed E-state index contributed by atoms with van der Waals surface area (Å²) in [7, 11) is 0. The van der Waals surface area contributed by atoms with Crippen LogP contribution in [0.5, 0.6) is 0 Å². The van der Waals surface area contributed by atoms with Crippen LogP contribution in [-0.2, 0) is 11.2 Å². The van der Waals surface area contributed by atoms with Gasteiger partial charge >= 0.3 is 0 Å². The van der Waals surface area contributed by atoms with Gasteiger partial charge in [0.1, 0.15) is 0 Å². The number of para-hydroxylation sites is 1. The molecular formula is C19H18N2O2. The average molecular weight is 306 g/mol. The Bertz CT molecular complexity index is 835. The fourth-order valence-electron chi connectivity index (χ4n) is 2.55. The number of hydrogen-bond donors (Lipinski definition) is 2. The van der Waals surface area contributed by atoms with Crippen LogP contribution in [0.2, 0.25) is 0 Å². The van der Waals surface area contributed by atoms with Crippen LogP contribution in [0.25, 0.3) is 17.0 Å². The topological polar surface area (TPSA) is 54.3 Å². The van der Waals surface area contributed by atoms with E-state index in [1.165, 1.54) is 6.08 Å². The lowest BCUT2D eigenvalue weighted by Gasteiger charge is -2.01. The molecule has 0 aliphatic rings. The summed E-state index contributed by atoms with van der Waals surface area (Å²) in [5.41, 5.74) is 2.78. The van der Waals surface area contributed by atoms with Gasteiger partial charge in [-0.25, -0.2) is 0 Å². The van der Waals surface area contributed by atoms with Gasteiger partial charge in [-0.15, -0.1) is 0 Å². The van der Waals surface area contributed by atoms with Crippen LogP contribution in [0.3, 0.4) is 0 Å². The molecule has 3 aromatic rings. The molecule has 1 amide bonds. The number of nitrogens with one attached hydrogen (secondary N) is 1. The lowest BCUT2D eigenvalue weighted by Crippen LogP contribution is -2.23. The highest BCUT2D eigenvalue weighted by atomic mass is 16.5. The van der Waals surface area contributed by atoms with E-state index in [4.69, 9.17) is 0 Å². The highest BCUT2D eigenvalue weighted by Crippen LogP contribution is 2.20. The number of fused-ring (bicyclic) bond motifs is 1. The lowest BCUT2D eigenvalue weighted by atomic mass is 10.1. The van der Waals surface area contributed by atoms with E-state index >= 15 is 0 Å². The van der Waals surface area contributed by atoms with Crippen LogP contribution in [-0.4, -0.2) is 22.4 Å². The number of carbonyl (C=O) groups is 1. The molecule has 2 aromatic carbocycles. The number of rotatable bonds is 5. The van der Waals surface area contributed by atoms with Crippen LogP contribution < -0.4 is 5.32 Å². The first-order valence-corrected chi connectivity index (χ1v) is 7.53. The van der Waals surface area contributed by atoms with E-state index in [1.807, 2.05) is 54.6 Å². The van der Waals surface area contributed by atoms with Crippen LogP contribution in [0.15, 0.2) is 66.9 Å². The second-order valence-corrected chi connectivity index (χ2v) is 5.30. The van der Waals surface area contributed by atoms with Crippen LogP contribution in [0, 0.1) is 0 Å². The molecule has 1 heterocycles. The van der Waals surface area contributed by atoms with Gasteiger partial charge in [-0.3, -0.25) is 4.79 Å². The van der Waals surface area contributed by atoms with Gasteiger partial charge in [0.25, 0.3) is 0 Å². The summed E-state index contributed by atoms with van der Waals surface area (Å²) in [5, 5.41) is 13.7. The second-order valence-electron chi connectivity index (χ2n) is 5.30. The first kappa shape index (κ1) is 14.9. The number of amides is 1. The fraction of sp³-hybridized carbons (Fsp3) is 0.105. The van der Waals surface area contributed by atoms with Gasteiger partial charge in [0.05, 0.1) is 5.52 Å². The van der Waals surface area contributed by atoms with Gasteiger partial charge in [0, 0.05) is 24.2 Å². The normalized spacial score (nSPS) is 11.1. The van der Waals surface area contributed by atoms with Crippen molar-refractivity contribution in [2.24, 2.45) is 0 Å². The summed E-state index contributed by atoms with van der Waals surface area (Å²) in [5.74, 6) is -0.124. The monoisotopic (exact) mass is 306 g/mol. The molecule has 0 bridgehead atoms. The highest BCUT2D eigenvalue weighted by molar-refractivity contribution is 5.91. The molecular weight excluding hydrogens is 288 g/mol. The van der Waals surface area contributed by atoms with Gasteiger partial charge in [0.2, 0.25) is 5.91 Å². The van der Waals surface area contributed by atoms with Crippen molar-refractivity contribution in [3.63, 3.8) is 0 Å². The third-order valence-corrected chi connectivity index (χ3v) is 3.70. The molecule has 0 aliphatic carbocycles. The van der Waals surface area contributed by atoms with Crippen LogP contribution in [0.1, 0.15) is 11.1 Å². The molecule has 0 atom stereocenters. The minimum absolute atomic E-state index is 0.124. The first-order valence-electron chi connectivity index (χ1n) is 7.53. The predicted molar refractivity (Wildman–Crippen MR) is 91.3 cm³/mol. The zero-order chi connectivity index (χ0) is 16.1. The average Bonchev–Trinajstić information content (AvgIpc) is 2.91. The molecule has 3 rings (SSSR count). The van der Waals surface area contributed by atoms with Crippen molar-refractivity contribution in [2.45, 2.75) is 6.42 Å². The van der Waals surface area contributed by atoms with E-state index < -0.39 is 0 Å².